The molecule has 0 spiro atoms. The van der Waals surface area contributed by atoms with Crippen LogP contribution < -0.4 is 10.7 Å². The van der Waals surface area contributed by atoms with Crippen molar-refractivity contribution in [2.75, 3.05) is 5.32 Å². The molecule has 6 heteroatoms. The number of carbonyl (C=O) groups excluding carboxylic acids is 1. The number of pyridine rings is 1. The Morgan fingerprint density at radius 3 is 2.50 bits per heavy atom. The van der Waals surface area contributed by atoms with E-state index in [0.717, 1.165) is 9.99 Å². The summed E-state index contributed by atoms with van der Waals surface area (Å²) in [5, 5.41) is 4.00. The maximum Gasteiger partial charge on any atom is 0.256 e. The monoisotopic (exact) mass is 480 g/mol. The van der Waals surface area contributed by atoms with E-state index in [0.29, 0.717) is 39.5 Å². The average Bonchev–Trinajstić information content (AvgIpc) is 2.75. The molecule has 1 aromatic heterocycles. The number of fused-ring (bicyclic) bond motifs is 1. The lowest BCUT2D eigenvalue weighted by atomic mass is 10.0. The molecule has 1 N–H and O–H groups in total. The summed E-state index contributed by atoms with van der Waals surface area (Å²) < 4.78 is 2.73. The molecule has 0 unspecified atom stereocenters. The lowest BCUT2D eigenvalue weighted by Gasteiger charge is -2.20. The van der Waals surface area contributed by atoms with Crippen LogP contribution in [0.1, 0.15) is 17.3 Å². The first-order valence-electron chi connectivity index (χ1n) is 9.48. The summed E-state index contributed by atoms with van der Waals surface area (Å²) in [4.78, 5) is 26.6. The molecule has 0 saturated carbocycles. The van der Waals surface area contributed by atoms with Crippen molar-refractivity contribution >= 4 is 50.2 Å². The van der Waals surface area contributed by atoms with Crippen LogP contribution in [0.3, 0.4) is 0 Å². The number of nitrogens with one attached hydrogen (secondary N) is 1. The van der Waals surface area contributed by atoms with E-state index in [-0.39, 0.29) is 11.3 Å². The van der Waals surface area contributed by atoms with Crippen LogP contribution >= 0.6 is 27.5 Å². The molecule has 4 rings (SSSR count). The Labute approximate surface area is 187 Å². The maximum atomic E-state index is 13.5. The largest absolute Gasteiger partial charge is 0.327 e. The van der Waals surface area contributed by atoms with Crippen molar-refractivity contribution in [1.82, 2.24) is 4.57 Å². The SMILES string of the molecule is CCn1c(NC(=O)c2cccc(Br)c2)c(-c2ccccc2Cl)c(=O)c2ccccc21. The zero-order chi connectivity index (χ0) is 21.3. The first kappa shape index (κ1) is 20.4. The number of carbonyl (C=O) groups is 1. The van der Waals surface area contributed by atoms with Crippen molar-refractivity contribution < 1.29 is 4.79 Å². The molecule has 0 aliphatic heterocycles. The van der Waals surface area contributed by atoms with Gasteiger partial charge in [0.05, 0.1) is 11.1 Å². The fourth-order valence-corrected chi connectivity index (χ4v) is 4.21. The standard InChI is InChI=1S/C24H18BrClN2O2/c1-2-28-20-13-6-4-11-18(20)22(29)21(17-10-3-5-12-19(17)26)23(28)27-24(30)15-8-7-9-16(25)14-15/h3-14H,2H2,1H3,(H,27,30). The number of para-hydroxylation sites is 1. The van der Waals surface area contributed by atoms with Gasteiger partial charge in [-0.25, -0.2) is 0 Å². The zero-order valence-electron chi connectivity index (χ0n) is 16.2. The number of aromatic nitrogens is 1. The summed E-state index contributed by atoms with van der Waals surface area (Å²) in [5.41, 5.74) is 2.03. The quantitative estimate of drug-likeness (QED) is 0.369. The minimum absolute atomic E-state index is 0.173. The third kappa shape index (κ3) is 3.66. The smallest absolute Gasteiger partial charge is 0.256 e. The van der Waals surface area contributed by atoms with Gasteiger partial charge >= 0.3 is 0 Å². The molecule has 4 aromatic rings. The van der Waals surface area contributed by atoms with Gasteiger partial charge in [0, 0.05) is 32.6 Å². The van der Waals surface area contributed by atoms with Crippen LogP contribution in [0.15, 0.2) is 82.1 Å². The molecular weight excluding hydrogens is 464 g/mol. The maximum absolute atomic E-state index is 13.5. The van der Waals surface area contributed by atoms with Crippen molar-refractivity contribution in [3.05, 3.63) is 98.1 Å². The van der Waals surface area contributed by atoms with E-state index in [1.54, 1.807) is 36.4 Å². The molecule has 1 amide bonds. The Balaban J connectivity index is 2.01. The van der Waals surface area contributed by atoms with Gasteiger partial charge < -0.3 is 9.88 Å². The highest BCUT2D eigenvalue weighted by molar-refractivity contribution is 9.10. The number of amides is 1. The lowest BCUT2D eigenvalue weighted by molar-refractivity contribution is 0.102. The Morgan fingerprint density at radius 2 is 1.77 bits per heavy atom. The fraction of sp³-hybridized carbons (Fsp3) is 0.0833. The molecule has 0 radical (unpaired) electrons. The summed E-state index contributed by atoms with van der Waals surface area (Å²) >= 11 is 9.85. The molecule has 0 saturated heterocycles. The second-order valence-corrected chi connectivity index (χ2v) is 8.08. The number of anilines is 1. The van der Waals surface area contributed by atoms with Gasteiger partial charge in [0.1, 0.15) is 5.82 Å². The highest BCUT2D eigenvalue weighted by Crippen LogP contribution is 2.33. The summed E-state index contributed by atoms with van der Waals surface area (Å²) in [6.07, 6.45) is 0. The molecule has 1 heterocycles. The molecule has 0 aliphatic carbocycles. The van der Waals surface area contributed by atoms with Crippen molar-refractivity contribution in [2.24, 2.45) is 0 Å². The van der Waals surface area contributed by atoms with Crippen molar-refractivity contribution in [3.63, 3.8) is 0 Å². The molecule has 150 valence electrons. The number of aryl methyl sites for hydroxylation is 1. The average molecular weight is 482 g/mol. The third-order valence-corrected chi connectivity index (χ3v) is 5.77. The fourth-order valence-electron chi connectivity index (χ4n) is 3.58. The predicted molar refractivity (Wildman–Crippen MR) is 126 cm³/mol. The predicted octanol–water partition coefficient (Wildman–Crippen LogP) is 6.36. The first-order valence-corrected chi connectivity index (χ1v) is 10.7. The van der Waals surface area contributed by atoms with E-state index < -0.39 is 0 Å². The van der Waals surface area contributed by atoms with Crippen LogP contribution in [-0.2, 0) is 6.54 Å². The van der Waals surface area contributed by atoms with E-state index in [9.17, 15) is 9.59 Å². The van der Waals surface area contributed by atoms with E-state index >= 15 is 0 Å². The minimum Gasteiger partial charge on any atom is -0.327 e. The Kier molecular flexibility index (Phi) is 5.75. The second-order valence-electron chi connectivity index (χ2n) is 6.76. The van der Waals surface area contributed by atoms with Gasteiger partial charge in [0.15, 0.2) is 5.43 Å². The van der Waals surface area contributed by atoms with E-state index in [2.05, 4.69) is 21.2 Å². The van der Waals surface area contributed by atoms with E-state index in [4.69, 9.17) is 11.6 Å². The Hall–Kier alpha value is -2.89. The van der Waals surface area contributed by atoms with Crippen LogP contribution in [0, 0.1) is 0 Å². The topological polar surface area (TPSA) is 51.1 Å². The number of rotatable bonds is 4. The van der Waals surface area contributed by atoms with Crippen molar-refractivity contribution in [3.8, 4) is 11.1 Å². The molecule has 3 aromatic carbocycles. The zero-order valence-corrected chi connectivity index (χ0v) is 18.5. The van der Waals surface area contributed by atoms with Crippen molar-refractivity contribution in [2.45, 2.75) is 13.5 Å². The Bertz CT molecular complexity index is 1330. The molecule has 0 aliphatic rings. The van der Waals surface area contributed by atoms with Gasteiger partial charge in [0.25, 0.3) is 5.91 Å². The third-order valence-electron chi connectivity index (χ3n) is 4.95. The van der Waals surface area contributed by atoms with Crippen LogP contribution in [0.25, 0.3) is 22.0 Å². The molecule has 0 fully saturated rings. The van der Waals surface area contributed by atoms with Gasteiger partial charge in [-0.15, -0.1) is 0 Å². The molecule has 4 nitrogen and oxygen atoms in total. The summed E-state index contributed by atoms with van der Waals surface area (Å²) in [7, 11) is 0. The Morgan fingerprint density at radius 1 is 1.03 bits per heavy atom. The molecular formula is C24H18BrClN2O2. The number of hydrogen-bond donors (Lipinski definition) is 1. The van der Waals surface area contributed by atoms with Gasteiger partial charge in [-0.3, -0.25) is 9.59 Å². The molecule has 30 heavy (non-hydrogen) atoms. The highest BCUT2D eigenvalue weighted by Gasteiger charge is 2.21. The van der Waals surface area contributed by atoms with Gasteiger partial charge in [0.2, 0.25) is 0 Å². The van der Waals surface area contributed by atoms with E-state index in [1.807, 2.05) is 47.9 Å². The highest BCUT2D eigenvalue weighted by atomic mass is 79.9. The molecule has 0 atom stereocenters. The van der Waals surface area contributed by atoms with Crippen LogP contribution in [0.2, 0.25) is 5.02 Å². The number of halogens is 2. The van der Waals surface area contributed by atoms with Gasteiger partial charge in [-0.05, 0) is 43.3 Å². The first-order chi connectivity index (χ1) is 14.5. The number of benzene rings is 3. The summed E-state index contributed by atoms with van der Waals surface area (Å²) in [6.45, 7) is 2.54. The van der Waals surface area contributed by atoms with Gasteiger partial charge in [-0.1, -0.05) is 63.9 Å². The normalized spacial score (nSPS) is 10.9. The second kappa shape index (κ2) is 8.46. The minimum atomic E-state index is -0.304. The van der Waals surface area contributed by atoms with Crippen LogP contribution in [0.5, 0.6) is 0 Å². The van der Waals surface area contributed by atoms with Crippen LogP contribution in [-0.4, -0.2) is 10.5 Å². The lowest BCUT2D eigenvalue weighted by Crippen LogP contribution is -2.22. The van der Waals surface area contributed by atoms with Gasteiger partial charge in [-0.2, -0.15) is 0 Å². The number of nitrogens with zero attached hydrogens (tertiary/aromatic N) is 1. The van der Waals surface area contributed by atoms with E-state index in [1.165, 1.54) is 0 Å². The van der Waals surface area contributed by atoms with Crippen LogP contribution in [0.4, 0.5) is 5.82 Å². The summed E-state index contributed by atoms with van der Waals surface area (Å²) in [6, 6.07) is 21.7. The van der Waals surface area contributed by atoms with Crippen molar-refractivity contribution in [1.29, 1.82) is 0 Å². The molecule has 0 bridgehead atoms. The summed E-state index contributed by atoms with van der Waals surface area (Å²) in [5.74, 6) is 0.126. The number of hydrogen-bond acceptors (Lipinski definition) is 2.